The molecule has 0 aliphatic rings. The standard InChI is InChI=1S/C25H17N3O4S/c1-14-10-15(2)12-18(11-14)27-23(16-6-5-7-17(13-16)28(31)32)26-24-21(25(27)30)22(29)19-8-3-4-9-20(19)33-24/h3-13H,1-2H3. The molecule has 0 aliphatic carbocycles. The molecule has 0 N–H and O–H groups in total. The summed E-state index contributed by atoms with van der Waals surface area (Å²) >= 11 is 1.25. The lowest BCUT2D eigenvalue weighted by atomic mass is 10.1. The third-order valence-electron chi connectivity index (χ3n) is 5.40. The Morgan fingerprint density at radius 1 is 0.939 bits per heavy atom. The second-order valence-corrected chi connectivity index (χ2v) is 8.87. The zero-order chi connectivity index (χ0) is 23.3. The van der Waals surface area contributed by atoms with Gasteiger partial charge in [0.1, 0.15) is 16.0 Å². The van der Waals surface area contributed by atoms with E-state index in [2.05, 4.69) is 0 Å². The fourth-order valence-corrected chi connectivity index (χ4v) is 5.06. The first-order valence-corrected chi connectivity index (χ1v) is 11.0. The molecule has 0 bridgehead atoms. The predicted molar refractivity (Wildman–Crippen MR) is 131 cm³/mol. The van der Waals surface area contributed by atoms with Crippen LogP contribution >= 0.6 is 11.3 Å². The Bertz CT molecular complexity index is 1700. The number of aryl methyl sites for hydroxylation is 2. The lowest BCUT2D eigenvalue weighted by Crippen LogP contribution is -2.26. The lowest BCUT2D eigenvalue weighted by molar-refractivity contribution is -0.384. The van der Waals surface area contributed by atoms with Crippen LogP contribution in [-0.2, 0) is 0 Å². The fourth-order valence-electron chi connectivity index (χ4n) is 4.02. The van der Waals surface area contributed by atoms with Gasteiger partial charge in [0.15, 0.2) is 0 Å². The molecule has 5 aromatic rings. The molecule has 8 heteroatoms. The van der Waals surface area contributed by atoms with Crippen molar-refractivity contribution in [1.29, 1.82) is 0 Å². The molecule has 0 radical (unpaired) electrons. The molecule has 0 saturated carbocycles. The SMILES string of the molecule is Cc1cc(C)cc(-n2c(-c3cccc([N+](=O)[O-])c3)nc3sc4ccccc4c(=O)c3c2=O)c1. The molecule has 7 nitrogen and oxygen atoms in total. The molecule has 33 heavy (non-hydrogen) atoms. The van der Waals surface area contributed by atoms with Crippen molar-refractivity contribution < 1.29 is 4.92 Å². The summed E-state index contributed by atoms with van der Waals surface area (Å²) in [6, 6.07) is 18.7. The van der Waals surface area contributed by atoms with Crippen LogP contribution < -0.4 is 11.0 Å². The molecule has 0 unspecified atom stereocenters. The Morgan fingerprint density at radius 3 is 2.39 bits per heavy atom. The highest BCUT2D eigenvalue weighted by Crippen LogP contribution is 2.28. The summed E-state index contributed by atoms with van der Waals surface area (Å²) in [5.41, 5.74) is 1.84. The molecule has 0 amide bonds. The highest BCUT2D eigenvalue weighted by Gasteiger charge is 2.20. The Kier molecular flexibility index (Phi) is 4.87. The number of nitrogens with zero attached hydrogens (tertiary/aromatic N) is 3. The molecule has 0 fully saturated rings. The van der Waals surface area contributed by atoms with Crippen molar-refractivity contribution >= 4 is 37.3 Å². The van der Waals surface area contributed by atoms with E-state index in [0.717, 1.165) is 15.8 Å². The van der Waals surface area contributed by atoms with E-state index < -0.39 is 10.5 Å². The monoisotopic (exact) mass is 455 g/mol. The van der Waals surface area contributed by atoms with Gasteiger partial charge in [-0.2, -0.15) is 0 Å². The number of hydrogen-bond acceptors (Lipinski definition) is 6. The first kappa shape index (κ1) is 20.7. The number of hydrogen-bond donors (Lipinski definition) is 0. The highest BCUT2D eigenvalue weighted by molar-refractivity contribution is 7.24. The topological polar surface area (TPSA) is 95.1 Å². The largest absolute Gasteiger partial charge is 0.288 e. The number of benzene rings is 3. The summed E-state index contributed by atoms with van der Waals surface area (Å²) in [5, 5.41) is 11.8. The Hall–Kier alpha value is -4.17. The van der Waals surface area contributed by atoms with Crippen molar-refractivity contribution in [3.8, 4) is 17.1 Å². The molecule has 162 valence electrons. The minimum absolute atomic E-state index is 0.00652. The summed E-state index contributed by atoms with van der Waals surface area (Å²) in [7, 11) is 0. The maximum atomic E-state index is 13.8. The molecule has 5 rings (SSSR count). The third-order valence-corrected chi connectivity index (χ3v) is 6.46. The van der Waals surface area contributed by atoms with Crippen LogP contribution in [0, 0.1) is 24.0 Å². The number of rotatable bonds is 3. The zero-order valence-corrected chi connectivity index (χ0v) is 18.6. The van der Waals surface area contributed by atoms with Gasteiger partial charge in [0.25, 0.3) is 11.2 Å². The summed E-state index contributed by atoms with van der Waals surface area (Å²) in [4.78, 5) is 43.0. The normalized spacial score (nSPS) is 11.2. The van der Waals surface area contributed by atoms with Crippen molar-refractivity contribution in [2.45, 2.75) is 13.8 Å². The summed E-state index contributed by atoms with van der Waals surface area (Å²) in [6.45, 7) is 3.83. The third kappa shape index (κ3) is 3.50. The van der Waals surface area contributed by atoms with Crippen LogP contribution in [0.1, 0.15) is 11.1 Å². The number of non-ortho nitro benzene ring substituents is 1. The molecule has 0 atom stereocenters. The first-order valence-electron chi connectivity index (χ1n) is 10.2. The van der Waals surface area contributed by atoms with Crippen LogP contribution in [0.3, 0.4) is 0 Å². The number of fused-ring (bicyclic) bond motifs is 2. The van der Waals surface area contributed by atoms with E-state index in [0.29, 0.717) is 21.5 Å². The van der Waals surface area contributed by atoms with Gasteiger partial charge in [0, 0.05) is 27.8 Å². The van der Waals surface area contributed by atoms with E-state index in [1.165, 1.54) is 28.0 Å². The molecular formula is C25H17N3O4S. The van der Waals surface area contributed by atoms with Crippen LogP contribution in [0.5, 0.6) is 0 Å². The second-order valence-electron chi connectivity index (χ2n) is 7.84. The number of aromatic nitrogens is 2. The zero-order valence-electron chi connectivity index (χ0n) is 17.7. The van der Waals surface area contributed by atoms with E-state index >= 15 is 0 Å². The molecule has 0 aliphatic heterocycles. The maximum Gasteiger partial charge on any atom is 0.271 e. The predicted octanol–water partition coefficient (Wildman–Crippen LogP) is 5.15. The van der Waals surface area contributed by atoms with E-state index in [9.17, 15) is 19.7 Å². The first-order chi connectivity index (χ1) is 15.8. The summed E-state index contributed by atoms with van der Waals surface area (Å²) < 4.78 is 2.10. The molecule has 2 heterocycles. The van der Waals surface area contributed by atoms with Gasteiger partial charge < -0.3 is 0 Å². The quantitative estimate of drug-likeness (QED) is 0.213. The van der Waals surface area contributed by atoms with Crippen molar-refractivity contribution in [2.24, 2.45) is 0 Å². The molecule has 3 aromatic carbocycles. The van der Waals surface area contributed by atoms with Crippen LogP contribution in [0.4, 0.5) is 5.69 Å². The van der Waals surface area contributed by atoms with Gasteiger partial charge in [-0.3, -0.25) is 24.3 Å². The average Bonchev–Trinajstić information content (AvgIpc) is 2.78. The smallest absolute Gasteiger partial charge is 0.271 e. The highest BCUT2D eigenvalue weighted by atomic mass is 32.1. The van der Waals surface area contributed by atoms with Gasteiger partial charge >= 0.3 is 0 Å². The Morgan fingerprint density at radius 2 is 1.67 bits per heavy atom. The van der Waals surface area contributed by atoms with Gasteiger partial charge in [0.2, 0.25) is 5.43 Å². The lowest BCUT2D eigenvalue weighted by Gasteiger charge is -2.15. The fraction of sp³-hybridized carbons (Fsp3) is 0.0800. The maximum absolute atomic E-state index is 13.8. The second kappa shape index (κ2) is 7.75. The minimum atomic E-state index is -0.501. The van der Waals surface area contributed by atoms with Crippen LogP contribution in [0.2, 0.25) is 0 Å². The van der Waals surface area contributed by atoms with Crippen molar-refractivity contribution in [1.82, 2.24) is 9.55 Å². The van der Waals surface area contributed by atoms with Crippen LogP contribution in [-0.4, -0.2) is 14.5 Å². The van der Waals surface area contributed by atoms with Gasteiger partial charge in [-0.25, -0.2) is 4.98 Å². The van der Waals surface area contributed by atoms with Crippen molar-refractivity contribution in [3.05, 3.63) is 109 Å². The van der Waals surface area contributed by atoms with Crippen molar-refractivity contribution in [2.75, 3.05) is 0 Å². The van der Waals surface area contributed by atoms with E-state index in [-0.39, 0.29) is 22.3 Å². The molecule has 0 spiro atoms. The summed E-state index contributed by atoms with van der Waals surface area (Å²) in [5.74, 6) is 0.243. The van der Waals surface area contributed by atoms with Gasteiger partial charge in [-0.15, -0.1) is 11.3 Å². The number of nitro benzene ring substituents is 1. The van der Waals surface area contributed by atoms with Gasteiger partial charge in [-0.05, 0) is 49.2 Å². The summed E-state index contributed by atoms with van der Waals surface area (Å²) in [6.07, 6.45) is 0. The van der Waals surface area contributed by atoms with Crippen molar-refractivity contribution in [3.63, 3.8) is 0 Å². The van der Waals surface area contributed by atoms with E-state index in [4.69, 9.17) is 4.98 Å². The van der Waals surface area contributed by atoms with Gasteiger partial charge in [-0.1, -0.05) is 30.3 Å². The molecule has 2 aromatic heterocycles. The van der Waals surface area contributed by atoms with Crippen LogP contribution in [0.25, 0.3) is 37.4 Å². The molecular weight excluding hydrogens is 438 g/mol. The Labute approximate surface area is 191 Å². The Balaban J connectivity index is 1.97. The van der Waals surface area contributed by atoms with Crippen LogP contribution in [0.15, 0.2) is 76.3 Å². The van der Waals surface area contributed by atoms with Gasteiger partial charge in [0.05, 0.1) is 10.6 Å². The minimum Gasteiger partial charge on any atom is -0.288 e. The van der Waals surface area contributed by atoms with E-state index in [1.54, 1.807) is 24.3 Å². The number of nitro groups is 1. The average molecular weight is 455 g/mol. The van der Waals surface area contributed by atoms with E-state index in [1.807, 2.05) is 44.2 Å². The molecule has 0 saturated heterocycles.